The van der Waals surface area contributed by atoms with E-state index in [0.29, 0.717) is 0 Å². The van der Waals surface area contributed by atoms with Gasteiger partial charge in [-0.05, 0) is 43.5 Å². The zero-order valence-electron chi connectivity index (χ0n) is 13.9. The van der Waals surface area contributed by atoms with Crippen LogP contribution in [0.5, 0.6) is 0 Å². The van der Waals surface area contributed by atoms with Crippen LogP contribution in [0, 0.1) is 5.92 Å². The summed E-state index contributed by atoms with van der Waals surface area (Å²) in [4.78, 5) is 14.9. The number of fused-ring (bicyclic) bond motifs is 1. The minimum absolute atomic E-state index is 0.0834. The van der Waals surface area contributed by atoms with Crippen LogP contribution in [0.3, 0.4) is 0 Å². The number of aromatic nitrogens is 3. The predicted molar refractivity (Wildman–Crippen MR) is 91.1 cm³/mol. The van der Waals surface area contributed by atoms with Crippen molar-refractivity contribution in [3.63, 3.8) is 0 Å². The molecule has 3 atom stereocenters. The molecule has 4 heterocycles. The van der Waals surface area contributed by atoms with Crippen LogP contribution in [-0.2, 0) is 4.79 Å². The summed E-state index contributed by atoms with van der Waals surface area (Å²) >= 11 is 0. The first kappa shape index (κ1) is 14.7. The number of likely N-dealkylation sites (tertiary alicyclic amines) is 1. The molecule has 5 rings (SSSR count). The molecular formula is C19H20N4O2. The lowest BCUT2D eigenvalue weighted by Gasteiger charge is -2.32. The second-order valence-electron chi connectivity index (χ2n) is 7.07. The maximum atomic E-state index is 12.9. The molecule has 0 bridgehead atoms. The quantitative estimate of drug-likeness (QED) is 0.738. The Morgan fingerprint density at radius 1 is 1.20 bits per heavy atom. The highest BCUT2D eigenvalue weighted by Gasteiger charge is 2.48. The molecule has 1 amide bonds. The van der Waals surface area contributed by atoms with Gasteiger partial charge in [0, 0.05) is 37.0 Å². The van der Waals surface area contributed by atoms with Crippen molar-refractivity contribution in [2.75, 3.05) is 13.1 Å². The van der Waals surface area contributed by atoms with Crippen LogP contribution in [0.4, 0.5) is 0 Å². The summed E-state index contributed by atoms with van der Waals surface area (Å²) in [6, 6.07) is 9.78. The van der Waals surface area contributed by atoms with Crippen molar-refractivity contribution in [3.8, 4) is 0 Å². The number of furan rings is 1. The molecule has 3 aromatic rings. The molecule has 2 fully saturated rings. The van der Waals surface area contributed by atoms with Crippen LogP contribution in [-0.4, -0.2) is 38.5 Å². The number of hydrogen-bond acceptors (Lipinski definition) is 4. The van der Waals surface area contributed by atoms with Gasteiger partial charge in [-0.1, -0.05) is 6.07 Å². The molecule has 1 aliphatic carbocycles. The van der Waals surface area contributed by atoms with Gasteiger partial charge in [0.15, 0.2) is 5.65 Å². The van der Waals surface area contributed by atoms with Gasteiger partial charge in [-0.3, -0.25) is 9.20 Å². The van der Waals surface area contributed by atoms with Crippen LogP contribution < -0.4 is 0 Å². The van der Waals surface area contributed by atoms with Gasteiger partial charge in [0.25, 0.3) is 0 Å². The Morgan fingerprint density at radius 3 is 3.04 bits per heavy atom. The molecule has 0 N–H and O–H groups in total. The first-order valence-corrected chi connectivity index (χ1v) is 8.93. The molecule has 3 unspecified atom stereocenters. The summed E-state index contributed by atoms with van der Waals surface area (Å²) in [6.45, 7) is 1.57. The lowest BCUT2D eigenvalue weighted by atomic mass is 9.96. The van der Waals surface area contributed by atoms with Gasteiger partial charge < -0.3 is 9.32 Å². The molecule has 1 aliphatic heterocycles. The van der Waals surface area contributed by atoms with E-state index in [2.05, 4.69) is 10.2 Å². The molecule has 0 aromatic carbocycles. The maximum Gasteiger partial charge on any atom is 0.226 e. The van der Waals surface area contributed by atoms with Crippen LogP contribution >= 0.6 is 0 Å². The second kappa shape index (κ2) is 5.72. The molecule has 0 radical (unpaired) electrons. The van der Waals surface area contributed by atoms with E-state index in [0.717, 1.165) is 49.6 Å². The molecule has 25 heavy (non-hydrogen) atoms. The third-order valence-corrected chi connectivity index (χ3v) is 5.45. The van der Waals surface area contributed by atoms with Crippen LogP contribution in [0.2, 0.25) is 0 Å². The van der Waals surface area contributed by atoms with Crippen LogP contribution in [0.15, 0.2) is 47.2 Å². The van der Waals surface area contributed by atoms with Gasteiger partial charge >= 0.3 is 0 Å². The van der Waals surface area contributed by atoms with E-state index in [4.69, 9.17) is 4.42 Å². The van der Waals surface area contributed by atoms with Gasteiger partial charge in [0.05, 0.1) is 6.26 Å². The highest BCUT2D eigenvalue weighted by atomic mass is 16.3. The Kier molecular flexibility index (Phi) is 3.36. The summed E-state index contributed by atoms with van der Waals surface area (Å²) in [5.41, 5.74) is 0.862. The highest BCUT2D eigenvalue weighted by Crippen LogP contribution is 2.49. The van der Waals surface area contributed by atoms with Gasteiger partial charge in [-0.2, -0.15) is 0 Å². The molecule has 6 nitrogen and oxygen atoms in total. The Morgan fingerprint density at radius 2 is 2.16 bits per heavy atom. The molecule has 0 spiro atoms. The minimum Gasteiger partial charge on any atom is -0.469 e. The minimum atomic E-state index is 0.0834. The number of nitrogens with zero attached hydrogens (tertiary/aromatic N) is 4. The van der Waals surface area contributed by atoms with Crippen molar-refractivity contribution in [1.82, 2.24) is 19.5 Å². The van der Waals surface area contributed by atoms with E-state index < -0.39 is 0 Å². The Hall–Kier alpha value is -2.63. The molecule has 1 saturated heterocycles. The zero-order valence-corrected chi connectivity index (χ0v) is 13.9. The number of amides is 1. The SMILES string of the molecule is O=C(C1CC1c1ccco1)N1CCCC(c2nnc3ccccn23)C1. The molecule has 1 saturated carbocycles. The Balaban J connectivity index is 1.32. The zero-order chi connectivity index (χ0) is 16.8. The van der Waals surface area contributed by atoms with Crippen LogP contribution in [0.25, 0.3) is 5.65 Å². The monoisotopic (exact) mass is 336 g/mol. The third kappa shape index (κ3) is 2.52. The predicted octanol–water partition coefficient (Wildman–Crippen LogP) is 2.83. The fourth-order valence-corrected chi connectivity index (χ4v) is 4.05. The van der Waals surface area contributed by atoms with Crippen molar-refractivity contribution in [1.29, 1.82) is 0 Å². The fraction of sp³-hybridized carbons (Fsp3) is 0.421. The number of hydrogen-bond donors (Lipinski definition) is 0. The number of carbonyl (C=O) groups is 1. The number of pyridine rings is 1. The smallest absolute Gasteiger partial charge is 0.226 e. The molecule has 6 heteroatoms. The Labute approximate surface area is 145 Å². The lowest BCUT2D eigenvalue weighted by Crippen LogP contribution is -2.40. The lowest BCUT2D eigenvalue weighted by molar-refractivity contribution is -0.134. The van der Waals surface area contributed by atoms with Crippen molar-refractivity contribution in [3.05, 3.63) is 54.4 Å². The summed E-state index contributed by atoms with van der Waals surface area (Å²) < 4.78 is 7.50. The van der Waals surface area contributed by atoms with E-state index in [-0.39, 0.29) is 23.7 Å². The summed E-state index contributed by atoms with van der Waals surface area (Å²) in [5.74, 6) is 2.76. The topological polar surface area (TPSA) is 63.6 Å². The highest BCUT2D eigenvalue weighted by molar-refractivity contribution is 5.83. The van der Waals surface area contributed by atoms with E-state index in [1.54, 1.807) is 6.26 Å². The normalized spacial score (nSPS) is 26.1. The summed E-state index contributed by atoms with van der Waals surface area (Å²) in [7, 11) is 0. The second-order valence-corrected chi connectivity index (χ2v) is 7.07. The maximum absolute atomic E-state index is 12.9. The largest absolute Gasteiger partial charge is 0.469 e. The first-order valence-electron chi connectivity index (χ1n) is 8.93. The van der Waals surface area contributed by atoms with Gasteiger partial charge in [-0.25, -0.2) is 0 Å². The summed E-state index contributed by atoms with van der Waals surface area (Å²) in [6.07, 6.45) is 6.64. The fourth-order valence-electron chi connectivity index (χ4n) is 4.05. The average Bonchev–Trinajstić information content (AvgIpc) is 3.08. The number of carbonyl (C=O) groups excluding carboxylic acids is 1. The van der Waals surface area contributed by atoms with Crippen molar-refractivity contribution >= 4 is 11.6 Å². The van der Waals surface area contributed by atoms with Crippen molar-refractivity contribution < 1.29 is 9.21 Å². The first-order chi connectivity index (χ1) is 12.3. The number of rotatable bonds is 3. The van der Waals surface area contributed by atoms with Crippen molar-refractivity contribution in [2.24, 2.45) is 5.92 Å². The van der Waals surface area contributed by atoms with E-state index in [1.807, 2.05) is 45.8 Å². The van der Waals surface area contributed by atoms with E-state index in [9.17, 15) is 4.79 Å². The van der Waals surface area contributed by atoms with E-state index in [1.165, 1.54) is 0 Å². The van der Waals surface area contributed by atoms with E-state index >= 15 is 0 Å². The molecule has 2 aliphatic rings. The molecule has 3 aromatic heterocycles. The number of piperidine rings is 1. The van der Waals surface area contributed by atoms with Gasteiger partial charge in [0.1, 0.15) is 11.6 Å². The standard InChI is InChI=1S/C19H20N4O2/c24-19(15-11-14(15)16-6-4-10-25-16)22-8-3-5-13(12-22)18-21-20-17-7-1-2-9-23(17)18/h1-2,4,6-7,9-10,13-15H,3,5,8,11-12H2. The van der Waals surface area contributed by atoms with Crippen LogP contribution in [0.1, 0.15) is 42.7 Å². The van der Waals surface area contributed by atoms with Crippen molar-refractivity contribution in [2.45, 2.75) is 31.1 Å². The van der Waals surface area contributed by atoms with Gasteiger partial charge in [0.2, 0.25) is 5.91 Å². The Bertz CT molecular complexity index is 901. The molecule has 128 valence electrons. The average molecular weight is 336 g/mol. The summed E-state index contributed by atoms with van der Waals surface area (Å²) in [5, 5.41) is 8.64. The molecular weight excluding hydrogens is 316 g/mol. The third-order valence-electron chi connectivity index (χ3n) is 5.45. The van der Waals surface area contributed by atoms with Gasteiger partial charge in [-0.15, -0.1) is 10.2 Å².